The third-order valence-electron chi connectivity index (χ3n) is 3.02. The van der Waals surface area contributed by atoms with Gasteiger partial charge in [0.05, 0.1) is 4.92 Å². The Morgan fingerprint density at radius 3 is 3.12 bits per heavy atom. The summed E-state index contributed by atoms with van der Waals surface area (Å²) >= 11 is 1.26. The molecule has 1 aliphatic heterocycles. The van der Waals surface area contributed by atoms with Crippen LogP contribution in [0.5, 0.6) is 0 Å². The molecule has 0 aliphatic carbocycles. The molecule has 1 unspecified atom stereocenters. The van der Waals surface area contributed by atoms with Gasteiger partial charge in [0.25, 0.3) is 0 Å². The van der Waals surface area contributed by atoms with Crippen molar-refractivity contribution in [3.05, 3.63) is 27.1 Å². The van der Waals surface area contributed by atoms with Crippen molar-refractivity contribution in [3.8, 4) is 0 Å². The molecule has 1 atom stereocenters. The summed E-state index contributed by atoms with van der Waals surface area (Å²) in [6.45, 7) is 2.97. The summed E-state index contributed by atoms with van der Waals surface area (Å²) in [7, 11) is 2.13. The smallest absolute Gasteiger partial charge is 0.308 e. The van der Waals surface area contributed by atoms with Gasteiger partial charge in [-0.05, 0) is 32.5 Å². The first-order chi connectivity index (χ1) is 8.15. The summed E-state index contributed by atoms with van der Waals surface area (Å²) in [6.07, 6.45) is 2.41. The van der Waals surface area contributed by atoms with E-state index in [1.807, 2.05) is 6.07 Å². The van der Waals surface area contributed by atoms with Crippen molar-refractivity contribution in [2.24, 2.45) is 0 Å². The molecule has 0 bridgehead atoms. The van der Waals surface area contributed by atoms with Crippen molar-refractivity contribution < 1.29 is 4.92 Å². The van der Waals surface area contributed by atoms with Gasteiger partial charge in [0.15, 0.2) is 0 Å². The molecule has 0 aromatic carbocycles. The highest BCUT2D eigenvalue weighted by Crippen LogP contribution is 2.23. The van der Waals surface area contributed by atoms with E-state index in [0.29, 0.717) is 6.04 Å². The van der Waals surface area contributed by atoms with Crippen LogP contribution < -0.4 is 5.32 Å². The number of piperidine rings is 1. The maximum atomic E-state index is 10.6. The average molecular weight is 255 g/mol. The second-order valence-electron chi connectivity index (χ2n) is 4.48. The molecule has 2 rings (SSSR count). The summed E-state index contributed by atoms with van der Waals surface area (Å²) < 4.78 is 0. The van der Waals surface area contributed by atoms with Gasteiger partial charge in [0, 0.05) is 30.1 Å². The van der Waals surface area contributed by atoms with Crippen molar-refractivity contribution in [3.63, 3.8) is 0 Å². The quantitative estimate of drug-likeness (QED) is 0.659. The summed E-state index contributed by atoms with van der Waals surface area (Å²) in [6, 6.07) is 3.92. The molecule has 0 amide bonds. The van der Waals surface area contributed by atoms with Crippen LogP contribution in [0.3, 0.4) is 0 Å². The lowest BCUT2D eigenvalue weighted by atomic mass is 10.1. The van der Waals surface area contributed by atoms with Crippen molar-refractivity contribution in [1.82, 2.24) is 10.2 Å². The predicted octanol–water partition coefficient (Wildman–Crippen LogP) is 1.84. The number of hydrogen-bond acceptors (Lipinski definition) is 5. The predicted molar refractivity (Wildman–Crippen MR) is 68.3 cm³/mol. The van der Waals surface area contributed by atoms with Crippen molar-refractivity contribution >= 4 is 16.3 Å². The van der Waals surface area contributed by atoms with Gasteiger partial charge in [-0.25, -0.2) is 0 Å². The van der Waals surface area contributed by atoms with Crippen molar-refractivity contribution in [2.75, 3.05) is 20.1 Å². The largest absolute Gasteiger partial charge is 0.324 e. The van der Waals surface area contributed by atoms with Crippen LogP contribution in [0.15, 0.2) is 12.1 Å². The number of thiophene rings is 1. The number of rotatable bonds is 4. The van der Waals surface area contributed by atoms with Crippen LogP contribution in [0.1, 0.15) is 17.7 Å². The average Bonchev–Trinajstić information content (AvgIpc) is 2.75. The first-order valence-electron chi connectivity index (χ1n) is 5.80. The zero-order valence-electron chi connectivity index (χ0n) is 9.89. The van der Waals surface area contributed by atoms with E-state index >= 15 is 0 Å². The second kappa shape index (κ2) is 5.57. The van der Waals surface area contributed by atoms with Gasteiger partial charge >= 0.3 is 5.00 Å². The number of likely N-dealkylation sites (N-methyl/N-ethyl adjacent to an activating group) is 1. The minimum absolute atomic E-state index is 0.225. The van der Waals surface area contributed by atoms with Crippen LogP contribution in [0.4, 0.5) is 5.00 Å². The Morgan fingerprint density at radius 1 is 1.65 bits per heavy atom. The highest BCUT2D eigenvalue weighted by Gasteiger charge is 2.17. The molecule has 2 heterocycles. The minimum Gasteiger partial charge on any atom is -0.308 e. The minimum atomic E-state index is -0.331. The number of hydrogen-bond donors (Lipinski definition) is 1. The zero-order valence-corrected chi connectivity index (χ0v) is 10.7. The van der Waals surface area contributed by atoms with E-state index in [1.165, 1.54) is 30.7 Å². The fourth-order valence-corrected chi connectivity index (χ4v) is 2.91. The maximum Gasteiger partial charge on any atom is 0.324 e. The molecule has 17 heavy (non-hydrogen) atoms. The fraction of sp³-hybridized carbons (Fsp3) is 0.636. The van der Waals surface area contributed by atoms with Crippen molar-refractivity contribution in [2.45, 2.75) is 25.4 Å². The van der Waals surface area contributed by atoms with Gasteiger partial charge in [-0.15, -0.1) is 0 Å². The van der Waals surface area contributed by atoms with Gasteiger partial charge in [-0.3, -0.25) is 10.1 Å². The van der Waals surface area contributed by atoms with E-state index in [2.05, 4.69) is 17.3 Å². The molecule has 1 aliphatic rings. The van der Waals surface area contributed by atoms with Crippen LogP contribution in [0.2, 0.25) is 0 Å². The summed E-state index contributed by atoms with van der Waals surface area (Å²) in [5, 5.41) is 14.2. The van der Waals surface area contributed by atoms with Gasteiger partial charge in [0.1, 0.15) is 0 Å². The molecule has 5 nitrogen and oxygen atoms in total. The molecule has 1 N–H and O–H groups in total. The molecular formula is C11H17N3O2S. The Hall–Kier alpha value is -0.980. The Bertz CT molecular complexity index is 394. The van der Waals surface area contributed by atoms with E-state index in [1.54, 1.807) is 6.07 Å². The third-order valence-corrected chi connectivity index (χ3v) is 4.05. The van der Waals surface area contributed by atoms with Gasteiger partial charge in [-0.1, -0.05) is 11.3 Å². The Balaban J connectivity index is 1.82. The van der Waals surface area contributed by atoms with Gasteiger partial charge in [-0.2, -0.15) is 0 Å². The first-order valence-corrected chi connectivity index (χ1v) is 6.62. The topological polar surface area (TPSA) is 58.4 Å². The molecule has 6 heteroatoms. The summed E-state index contributed by atoms with van der Waals surface area (Å²) in [4.78, 5) is 13.6. The number of nitrogens with zero attached hydrogens (tertiary/aromatic N) is 2. The molecule has 1 fully saturated rings. The highest BCUT2D eigenvalue weighted by atomic mass is 32.1. The number of likely N-dealkylation sites (tertiary alicyclic amines) is 1. The van der Waals surface area contributed by atoms with Crippen LogP contribution in [0.25, 0.3) is 0 Å². The summed E-state index contributed by atoms with van der Waals surface area (Å²) in [5.74, 6) is 0. The van der Waals surface area contributed by atoms with E-state index in [-0.39, 0.29) is 9.92 Å². The molecule has 1 aromatic rings. The number of nitrogens with one attached hydrogen (secondary N) is 1. The Kier molecular flexibility index (Phi) is 4.09. The molecule has 1 aromatic heterocycles. The Morgan fingerprint density at radius 2 is 2.47 bits per heavy atom. The Labute approximate surface area is 105 Å². The normalized spacial score (nSPS) is 21.6. The van der Waals surface area contributed by atoms with E-state index in [4.69, 9.17) is 0 Å². The molecule has 0 saturated carbocycles. The van der Waals surface area contributed by atoms with Crippen molar-refractivity contribution in [1.29, 1.82) is 0 Å². The van der Waals surface area contributed by atoms with E-state index in [0.717, 1.165) is 18.0 Å². The lowest BCUT2D eigenvalue weighted by Gasteiger charge is -2.30. The number of nitro groups is 1. The van der Waals surface area contributed by atoms with Gasteiger partial charge < -0.3 is 10.2 Å². The molecule has 1 saturated heterocycles. The maximum absolute atomic E-state index is 10.6. The van der Waals surface area contributed by atoms with Crippen LogP contribution in [-0.2, 0) is 6.54 Å². The first kappa shape index (κ1) is 12.5. The fourth-order valence-electron chi connectivity index (χ4n) is 2.14. The van der Waals surface area contributed by atoms with E-state index < -0.39 is 0 Å². The standard InChI is InChI=1S/C11H17N3O2S/c1-13-6-2-3-9(8-13)12-7-10-4-5-11(17-10)14(15)16/h4-5,9,12H,2-3,6-8H2,1H3. The second-order valence-corrected chi connectivity index (χ2v) is 5.63. The SMILES string of the molecule is CN1CCCC(NCc2ccc([N+](=O)[O-])s2)C1. The van der Waals surface area contributed by atoms with Crippen LogP contribution >= 0.6 is 11.3 Å². The molecule has 0 radical (unpaired) electrons. The lowest BCUT2D eigenvalue weighted by Crippen LogP contribution is -2.43. The monoisotopic (exact) mass is 255 g/mol. The zero-order chi connectivity index (χ0) is 12.3. The highest BCUT2D eigenvalue weighted by molar-refractivity contribution is 7.15. The lowest BCUT2D eigenvalue weighted by molar-refractivity contribution is -0.380. The molecule has 94 valence electrons. The van der Waals surface area contributed by atoms with Crippen LogP contribution in [0, 0.1) is 10.1 Å². The molecule has 0 spiro atoms. The van der Waals surface area contributed by atoms with E-state index in [9.17, 15) is 10.1 Å². The summed E-state index contributed by atoms with van der Waals surface area (Å²) in [5.41, 5.74) is 0. The van der Waals surface area contributed by atoms with Crippen LogP contribution in [-0.4, -0.2) is 36.0 Å². The molecular weight excluding hydrogens is 238 g/mol. The van der Waals surface area contributed by atoms with Gasteiger partial charge in [0.2, 0.25) is 0 Å². The third kappa shape index (κ3) is 3.49.